The average Bonchev–Trinajstić information content (AvgIpc) is 2.55. The summed E-state index contributed by atoms with van der Waals surface area (Å²) in [5.74, 6) is 0.671. The van der Waals surface area contributed by atoms with Crippen LogP contribution in [0.15, 0.2) is 0 Å². The molecule has 0 aromatic carbocycles. The SMILES string of the molecule is CCC(C)(C=O)C1CCCC1. The van der Waals surface area contributed by atoms with Crippen molar-refractivity contribution in [2.45, 2.75) is 46.0 Å². The smallest absolute Gasteiger partial charge is 0.126 e. The second-order valence-electron chi connectivity index (χ2n) is 3.96. The average molecular weight is 154 g/mol. The van der Waals surface area contributed by atoms with Crippen LogP contribution in [0.25, 0.3) is 0 Å². The molecule has 0 aromatic heterocycles. The summed E-state index contributed by atoms with van der Waals surface area (Å²) < 4.78 is 0. The Labute approximate surface area is 69.2 Å². The molecule has 1 aliphatic rings. The molecule has 1 nitrogen and oxygen atoms in total. The highest BCUT2D eigenvalue weighted by Crippen LogP contribution is 2.40. The van der Waals surface area contributed by atoms with Crippen molar-refractivity contribution in [3.05, 3.63) is 0 Å². The van der Waals surface area contributed by atoms with E-state index < -0.39 is 0 Å². The van der Waals surface area contributed by atoms with Gasteiger partial charge in [0.1, 0.15) is 6.29 Å². The zero-order valence-corrected chi connectivity index (χ0v) is 7.60. The Balaban J connectivity index is 2.59. The van der Waals surface area contributed by atoms with Crippen LogP contribution in [0.4, 0.5) is 0 Å². The summed E-state index contributed by atoms with van der Waals surface area (Å²) in [5.41, 5.74) is -0.0174. The summed E-state index contributed by atoms with van der Waals surface area (Å²) in [7, 11) is 0. The van der Waals surface area contributed by atoms with Crippen LogP contribution in [0, 0.1) is 11.3 Å². The Morgan fingerprint density at radius 1 is 1.45 bits per heavy atom. The Morgan fingerprint density at radius 2 is 2.00 bits per heavy atom. The first-order valence-electron chi connectivity index (χ1n) is 4.69. The van der Waals surface area contributed by atoms with Crippen LogP contribution in [0.2, 0.25) is 0 Å². The molecule has 0 spiro atoms. The molecule has 11 heavy (non-hydrogen) atoms. The lowest BCUT2D eigenvalue weighted by Gasteiger charge is -2.28. The fourth-order valence-electron chi connectivity index (χ4n) is 2.05. The van der Waals surface area contributed by atoms with E-state index in [0.29, 0.717) is 5.92 Å². The number of carbonyl (C=O) groups excluding carboxylic acids is 1. The fraction of sp³-hybridized carbons (Fsp3) is 0.900. The standard InChI is InChI=1S/C10H18O/c1-3-10(2,8-11)9-6-4-5-7-9/h8-9H,3-7H2,1-2H3. The molecule has 0 aromatic rings. The largest absolute Gasteiger partial charge is 0.303 e. The van der Waals surface area contributed by atoms with E-state index in [1.807, 2.05) is 0 Å². The molecule has 0 N–H and O–H groups in total. The van der Waals surface area contributed by atoms with Crippen LogP contribution in [-0.4, -0.2) is 6.29 Å². The molecular formula is C10H18O. The van der Waals surface area contributed by atoms with E-state index >= 15 is 0 Å². The molecule has 1 rings (SSSR count). The fourth-order valence-corrected chi connectivity index (χ4v) is 2.05. The molecule has 1 fully saturated rings. The maximum absolute atomic E-state index is 10.8. The first kappa shape index (κ1) is 8.76. The first-order chi connectivity index (χ1) is 5.23. The third-order valence-corrected chi connectivity index (χ3v) is 3.32. The summed E-state index contributed by atoms with van der Waals surface area (Å²) in [6, 6.07) is 0. The monoisotopic (exact) mass is 154 g/mol. The Morgan fingerprint density at radius 3 is 2.36 bits per heavy atom. The zero-order chi connectivity index (χ0) is 8.32. The van der Waals surface area contributed by atoms with Crippen LogP contribution in [0.3, 0.4) is 0 Å². The van der Waals surface area contributed by atoms with Gasteiger partial charge in [0.05, 0.1) is 0 Å². The number of aldehydes is 1. The van der Waals surface area contributed by atoms with Gasteiger partial charge in [0.25, 0.3) is 0 Å². The number of hydrogen-bond acceptors (Lipinski definition) is 1. The van der Waals surface area contributed by atoms with Crippen molar-refractivity contribution < 1.29 is 4.79 Å². The lowest BCUT2D eigenvalue weighted by molar-refractivity contribution is -0.118. The van der Waals surface area contributed by atoms with E-state index in [2.05, 4.69) is 13.8 Å². The molecule has 0 aliphatic heterocycles. The van der Waals surface area contributed by atoms with E-state index in [1.165, 1.54) is 32.0 Å². The summed E-state index contributed by atoms with van der Waals surface area (Å²) in [4.78, 5) is 10.8. The second kappa shape index (κ2) is 3.38. The molecule has 1 aliphatic carbocycles. The predicted octanol–water partition coefficient (Wildman–Crippen LogP) is 2.79. The zero-order valence-electron chi connectivity index (χ0n) is 7.60. The molecule has 64 valence electrons. The van der Waals surface area contributed by atoms with Crippen LogP contribution in [-0.2, 0) is 4.79 Å². The van der Waals surface area contributed by atoms with E-state index in [0.717, 1.165) is 6.42 Å². The first-order valence-corrected chi connectivity index (χ1v) is 4.69. The summed E-state index contributed by atoms with van der Waals surface area (Å²) in [6.45, 7) is 4.22. The van der Waals surface area contributed by atoms with E-state index in [-0.39, 0.29) is 5.41 Å². The maximum atomic E-state index is 10.8. The van der Waals surface area contributed by atoms with Gasteiger partial charge in [-0.15, -0.1) is 0 Å². The molecule has 0 heterocycles. The van der Waals surface area contributed by atoms with Crippen molar-refractivity contribution in [3.8, 4) is 0 Å². The van der Waals surface area contributed by atoms with Crippen LogP contribution < -0.4 is 0 Å². The van der Waals surface area contributed by atoms with Crippen LogP contribution in [0.5, 0.6) is 0 Å². The highest BCUT2D eigenvalue weighted by Gasteiger charge is 2.33. The van der Waals surface area contributed by atoms with Crippen molar-refractivity contribution in [2.24, 2.45) is 11.3 Å². The van der Waals surface area contributed by atoms with Crippen molar-refractivity contribution in [3.63, 3.8) is 0 Å². The van der Waals surface area contributed by atoms with Gasteiger partial charge in [-0.2, -0.15) is 0 Å². The van der Waals surface area contributed by atoms with Gasteiger partial charge in [0.2, 0.25) is 0 Å². The van der Waals surface area contributed by atoms with Crippen molar-refractivity contribution in [2.75, 3.05) is 0 Å². The number of hydrogen-bond donors (Lipinski definition) is 0. The molecule has 1 heteroatoms. The van der Waals surface area contributed by atoms with E-state index in [4.69, 9.17) is 0 Å². The highest BCUT2D eigenvalue weighted by molar-refractivity contribution is 5.59. The normalized spacial score (nSPS) is 24.9. The molecule has 0 radical (unpaired) electrons. The Bertz CT molecular complexity index is 136. The van der Waals surface area contributed by atoms with Crippen LogP contribution in [0.1, 0.15) is 46.0 Å². The van der Waals surface area contributed by atoms with Gasteiger partial charge in [0.15, 0.2) is 0 Å². The van der Waals surface area contributed by atoms with Gasteiger partial charge in [-0.1, -0.05) is 26.7 Å². The minimum atomic E-state index is -0.0174. The summed E-state index contributed by atoms with van der Waals surface area (Å²) >= 11 is 0. The number of carbonyl (C=O) groups is 1. The molecule has 1 atom stereocenters. The third-order valence-electron chi connectivity index (χ3n) is 3.32. The van der Waals surface area contributed by atoms with Crippen molar-refractivity contribution >= 4 is 6.29 Å². The maximum Gasteiger partial charge on any atom is 0.126 e. The summed E-state index contributed by atoms with van der Waals surface area (Å²) in [5, 5.41) is 0. The van der Waals surface area contributed by atoms with Crippen LogP contribution >= 0.6 is 0 Å². The molecular weight excluding hydrogens is 136 g/mol. The van der Waals surface area contributed by atoms with Gasteiger partial charge >= 0.3 is 0 Å². The summed E-state index contributed by atoms with van der Waals surface area (Å²) in [6.07, 6.45) is 7.36. The molecule has 0 amide bonds. The van der Waals surface area contributed by atoms with Gasteiger partial charge < -0.3 is 4.79 Å². The molecule has 0 saturated heterocycles. The third kappa shape index (κ3) is 1.63. The number of rotatable bonds is 3. The molecule has 0 bridgehead atoms. The van der Waals surface area contributed by atoms with E-state index in [1.54, 1.807) is 0 Å². The van der Waals surface area contributed by atoms with Crippen molar-refractivity contribution in [1.29, 1.82) is 0 Å². The lowest BCUT2D eigenvalue weighted by atomic mass is 9.75. The van der Waals surface area contributed by atoms with E-state index in [9.17, 15) is 4.79 Å². The van der Waals surface area contributed by atoms with Gasteiger partial charge in [-0.3, -0.25) is 0 Å². The minimum Gasteiger partial charge on any atom is -0.303 e. The molecule has 1 saturated carbocycles. The quantitative estimate of drug-likeness (QED) is 0.571. The second-order valence-corrected chi connectivity index (χ2v) is 3.96. The van der Waals surface area contributed by atoms with Gasteiger partial charge in [-0.05, 0) is 25.2 Å². The minimum absolute atomic E-state index is 0.0174. The Kier molecular flexibility index (Phi) is 2.69. The Hall–Kier alpha value is -0.330. The van der Waals surface area contributed by atoms with Gasteiger partial charge in [-0.25, -0.2) is 0 Å². The molecule has 1 unspecified atom stereocenters. The predicted molar refractivity (Wildman–Crippen MR) is 46.4 cm³/mol. The lowest BCUT2D eigenvalue weighted by Crippen LogP contribution is -2.26. The highest BCUT2D eigenvalue weighted by atomic mass is 16.1. The topological polar surface area (TPSA) is 17.1 Å². The van der Waals surface area contributed by atoms with Crippen molar-refractivity contribution in [1.82, 2.24) is 0 Å². The van der Waals surface area contributed by atoms with Gasteiger partial charge in [0, 0.05) is 5.41 Å².